The number of thiazole rings is 1. The summed E-state index contributed by atoms with van der Waals surface area (Å²) in [6, 6.07) is 1.65. The first-order chi connectivity index (χ1) is 10.1. The maximum Gasteiger partial charge on any atom is 0.264 e. The Balaban J connectivity index is 1.85. The lowest BCUT2D eigenvalue weighted by Gasteiger charge is -2.06. The number of anilines is 1. The van der Waals surface area contributed by atoms with E-state index in [4.69, 9.17) is 0 Å². The van der Waals surface area contributed by atoms with E-state index in [0.29, 0.717) is 16.6 Å². The van der Waals surface area contributed by atoms with E-state index in [1.807, 2.05) is 0 Å². The molecule has 0 saturated heterocycles. The Hall–Kier alpha value is -0.960. The van der Waals surface area contributed by atoms with Crippen LogP contribution in [0.3, 0.4) is 0 Å². The lowest BCUT2D eigenvalue weighted by Crippen LogP contribution is -2.15. The zero-order valence-electron chi connectivity index (χ0n) is 11.7. The highest BCUT2D eigenvalue weighted by Gasteiger charge is 2.23. The predicted molar refractivity (Wildman–Crippen MR) is 86.6 cm³/mol. The number of hydrogen-bond acceptors (Lipinski definition) is 6. The van der Waals surface area contributed by atoms with Crippen LogP contribution in [-0.4, -0.2) is 20.4 Å². The fourth-order valence-corrected chi connectivity index (χ4v) is 6.16. The standard InChI is InChI=1S/C13H17N3O2S3/c1-14-8-11-12(6-7-19-11)21(17,18)16-13-15-9-4-2-3-5-10(9)20-13/h6-7,14H,2-5,8H2,1H3,(H,15,16). The van der Waals surface area contributed by atoms with Crippen molar-refractivity contribution in [2.24, 2.45) is 0 Å². The van der Waals surface area contributed by atoms with Crippen LogP contribution in [0.1, 0.15) is 28.3 Å². The molecule has 1 aliphatic carbocycles. The Labute approximate surface area is 132 Å². The molecule has 0 amide bonds. The van der Waals surface area contributed by atoms with Crippen LogP contribution in [0, 0.1) is 0 Å². The average Bonchev–Trinajstić information content (AvgIpc) is 3.04. The molecule has 0 radical (unpaired) electrons. The molecule has 0 unspecified atom stereocenters. The molecule has 1 aliphatic rings. The van der Waals surface area contributed by atoms with Crippen LogP contribution < -0.4 is 10.0 Å². The lowest BCUT2D eigenvalue weighted by molar-refractivity contribution is 0.600. The lowest BCUT2D eigenvalue weighted by atomic mass is 10.0. The van der Waals surface area contributed by atoms with E-state index in [1.165, 1.54) is 27.6 Å². The number of rotatable bonds is 5. The molecular weight excluding hydrogens is 326 g/mol. The first kappa shape index (κ1) is 15.0. The second kappa shape index (κ2) is 6.04. The minimum absolute atomic E-state index is 0.343. The third-order valence-corrected chi connectivity index (χ3v) is 7.07. The molecule has 0 atom stereocenters. The highest BCUT2D eigenvalue weighted by atomic mass is 32.2. The molecule has 5 nitrogen and oxygen atoms in total. The molecule has 0 aliphatic heterocycles. The Morgan fingerprint density at radius 2 is 2.14 bits per heavy atom. The summed E-state index contributed by atoms with van der Waals surface area (Å²) < 4.78 is 27.6. The normalized spacial score (nSPS) is 14.9. The zero-order valence-corrected chi connectivity index (χ0v) is 14.1. The summed E-state index contributed by atoms with van der Waals surface area (Å²) in [5.41, 5.74) is 1.06. The fourth-order valence-electron chi connectivity index (χ4n) is 2.42. The molecule has 2 heterocycles. The second-order valence-corrected chi connectivity index (χ2v) is 8.67. The van der Waals surface area contributed by atoms with Gasteiger partial charge in [0.2, 0.25) is 0 Å². The molecule has 8 heteroatoms. The van der Waals surface area contributed by atoms with Gasteiger partial charge in [-0.1, -0.05) is 0 Å². The predicted octanol–water partition coefficient (Wildman–Crippen LogP) is 2.60. The van der Waals surface area contributed by atoms with Gasteiger partial charge in [-0.25, -0.2) is 13.4 Å². The zero-order chi connectivity index (χ0) is 14.9. The van der Waals surface area contributed by atoms with Crippen LogP contribution in [-0.2, 0) is 29.4 Å². The smallest absolute Gasteiger partial charge is 0.264 e. The molecule has 2 N–H and O–H groups in total. The van der Waals surface area contributed by atoms with Gasteiger partial charge in [0.15, 0.2) is 5.13 Å². The Morgan fingerprint density at radius 1 is 1.33 bits per heavy atom. The second-order valence-electron chi connectivity index (χ2n) is 4.94. The van der Waals surface area contributed by atoms with Crippen LogP contribution in [0.4, 0.5) is 5.13 Å². The summed E-state index contributed by atoms with van der Waals surface area (Å²) in [4.78, 5) is 6.81. The van der Waals surface area contributed by atoms with E-state index in [1.54, 1.807) is 18.5 Å². The Morgan fingerprint density at radius 3 is 2.90 bits per heavy atom. The van der Waals surface area contributed by atoms with E-state index in [-0.39, 0.29) is 0 Å². The molecule has 3 rings (SSSR count). The summed E-state index contributed by atoms with van der Waals surface area (Å²) in [5, 5.41) is 5.28. The van der Waals surface area contributed by atoms with Gasteiger partial charge in [-0.15, -0.1) is 22.7 Å². The fraction of sp³-hybridized carbons (Fsp3) is 0.462. The monoisotopic (exact) mass is 343 g/mol. The summed E-state index contributed by atoms with van der Waals surface area (Å²) in [5.74, 6) is 0. The minimum atomic E-state index is -3.55. The van der Waals surface area contributed by atoms with Gasteiger partial charge in [0.05, 0.1) is 5.69 Å². The minimum Gasteiger partial charge on any atom is -0.315 e. The molecule has 0 saturated carbocycles. The number of thiophene rings is 1. The van der Waals surface area contributed by atoms with Crippen LogP contribution in [0.2, 0.25) is 0 Å². The van der Waals surface area contributed by atoms with Crippen molar-refractivity contribution in [3.8, 4) is 0 Å². The van der Waals surface area contributed by atoms with Crippen molar-refractivity contribution >= 4 is 37.8 Å². The molecule has 0 fully saturated rings. The SMILES string of the molecule is CNCc1sccc1S(=O)(=O)Nc1nc2c(s1)CCCC2. The molecule has 2 aromatic heterocycles. The molecule has 0 spiro atoms. The van der Waals surface area contributed by atoms with Crippen molar-refractivity contribution in [2.75, 3.05) is 11.8 Å². The number of aryl methyl sites for hydroxylation is 2. The summed E-state index contributed by atoms with van der Waals surface area (Å²) >= 11 is 2.91. The van der Waals surface area contributed by atoms with E-state index in [2.05, 4.69) is 15.0 Å². The van der Waals surface area contributed by atoms with E-state index < -0.39 is 10.0 Å². The van der Waals surface area contributed by atoms with E-state index in [0.717, 1.165) is 36.3 Å². The maximum absolute atomic E-state index is 12.5. The maximum atomic E-state index is 12.5. The summed E-state index contributed by atoms with van der Waals surface area (Å²) in [6.07, 6.45) is 4.27. The van der Waals surface area contributed by atoms with Crippen LogP contribution in [0.25, 0.3) is 0 Å². The Kier molecular flexibility index (Phi) is 4.30. The van der Waals surface area contributed by atoms with Gasteiger partial charge >= 0.3 is 0 Å². The Bertz CT molecular complexity index is 710. The van der Waals surface area contributed by atoms with Crippen LogP contribution in [0.5, 0.6) is 0 Å². The van der Waals surface area contributed by atoms with Crippen molar-refractivity contribution in [1.29, 1.82) is 0 Å². The van der Waals surface area contributed by atoms with E-state index >= 15 is 0 Å². The van der Waals surface area contributed by atoms with Gasteiger partial charge in [-0.3, -0.25) is 4.72 Å². The molecular formula is C13H17N3O2S3. The van der Waals surface area contributed by atoms with Gasteiger partial charge in [-0.2, -0.15) is 0 Å². The van der Waals surface area contributed by atoms with Crippen LogP contribution >= 0.6 is 22.7 Å². The number of nitrogens with one attached hydrogen (secondary N) is 2. The molecule has 0 bridgehead atoms. The molecule has 2 aromatic rings. The first-order valence-electron chi connectivity index (χ1n) is 6.82. The highest BCUT2D eigenvalue weighted by Crippen LogP contribution is 2.31. The molecule has 0 aromatic carbocycles. The van der Waals surface area contributed by atoms with Crippen LogP contribution in [0.15, 0.2) is 16.3 Å². The number of nitrogens with zero attached hydrogens (tertiary/aromatic N) is 1. The quantitative estimate of drug-likeness (QED) is 0.875. The van der Waals surface area contributed by atoms with Gasteiger partial charge in [0, 0.05) is 16.3 Å². The third kappa shape index (κ3) is 3.13. The van der Waals surface area contributed by atoms with Crippen molar-refractivity contribution in [1.82, 2.24) is 10.3 Å². The summed E-state index contributed by atoms with van der Waals surface area (Å²) in [6.45, 7) is 0.544. The number of hydrogen-bond donors (Lipinski definition) is 2. The van der Waals surface area contributed by atoms with Crippen molar-refractivity contribution in [3.05, 3.63) is 26.9 Å². The molecule has 21 heavy (non-hydrogen) atoms. The number of aromatic nitrogens is 1. The van der Waals surface area contributed by atoms with Gasteiger partial charge in [0.25, 0.3) is 10.0 Å². The van der Waals surface area contributed by atoms with Gasteiger partial charge in [0.1, 0.15) is 4.90 Å². The van der Waals surface area contributed by atoms with Crippen molar-refractivity contribution in [2.45, 2.75) is 37.1 Å². The van der Waals surface area contributed by atoms with Crippen molar-refractivity contribution in [3.63, 3.8) is 0 Å². The highest BCUT2D eigenvalue weighted by molar-refractivity contribution is 7.93. The number of fused-ring (bicyclic) bond motifs is 1. The largest absolute Gasteiger partial charge is 0.315 e. The first-order valence-corrected chi connectivity index (χ1v) is 10.0. The van der Waals surface area contributed by atoms with Gasteiger partial charge < -0.3 is 5.32 Å². The molecule has 114 valence electrons. The van der Waals surface area contributed by atoms with E-state index in [9.17, 15) is 8.42 Å². The topological polar surface area (TPSA) is 71.1 Å². The summed E-state index contributed by atoms with van der Waals surface area (Å²) in [7, 11) is -1.75. The third-order valence-electron chi connectivity index (χ3n) is 3.40. The average molecular weight is 343 g/mol. The van der Waals surface area contributed by atoms with Crippen molar-refractivity contribution < 1.29 is 8.42 Å². The van der Waals surface area contributed by atoms with Gasteiger partial charge in [-0.05, 0) is 44.2 Å². The number of sulfonamides is 1.